The molecule has 176 valence electrons. The third kappa shape index (κ3) is 5.26. The number of benzene rings is 3. The van der Waals surface area contributed by atoms with Crippen molar-refractivity contribution in [2.75, 3.05) is 12.0 Å². The molecule has 1 saturated heterocycles. The lowest BCUT2D eigenvalue weighted by Crippen LogP contribution is -2.54. The first-order chi connectivity index (χ1) is 16.8. The zero-order chi connectivity index (χ0) is 25.1. The molecule has 1 N–H and O–H groups in total. The number of methoxy groups -OCH3 is 1. The van der Waals surface area contributed by atoms with Gasteiger partial charge in [-0.1, -0.05) is 33.6 Å². The first-order valence-corrected chi connectivity index (χ1v) is 11.3. The summed E-state index contributed by atoms with van der Waals surface area (Å²) < 4.78 is 11.5. The Morgan fingerprint density at radius 2 is 1.66 bits per heavy atom. The van der Waals surface area contributed by atoms with E-state index in [1.165, 1.54) is 37.5 Å². The SMILES string of the molecule is COc1cc(/C=C2\C(=O)NC(=O)N(c3ccc(Br)cc3)C2=O)ccc1OC(=O)c1ccc(Cl)cc1. The predicted octanol–water partition coefficient (Wildman–Crippen LogP) is 5.00. The van der Waals surface area contributed by atoms with Crippen molar-refractivity contribution in [1.29, 1.82) is 0 Å². The molecule has 1 fully saturated rings. The molecule has 4 amide bonds. The van der Waals surface area contributed by atoms with Gasteiger partial charge in [0.2, 0.25) is 0 Å². The number of halogens is 2. The van der Waals surface area contributed by atoms with E-state index in [0.29, 0.717) is 21.8 Å². The molecule has 10 heteroatoms. The Hall–Kier alpha value is -3.95. The topological polar surface area (TPSA) is 102 Å². The third-order valence-electron chi connectivity index (χ3n) is 4.97. The van der Waals surface area contributed by atoms with Crippen LogP contribution in [0.25, 0.3) is 6.08 Å². The van der Waals surface area contributed by atoms with E-state index in [2.05, 4.69) is 21.2 Å². The van der Waals surface area contributed by atoms with Crippen molar-refractivity contribution >= 4 is 63.1 Å². The number of hydrogen-bond acceptors (Lipinski definition) is 6. The Morgan fingerprint density at radius 1 is 0.971 bits per heavy atom. The molecule has 0 atom stereocenters. The van der Waals surface area contributed by atoms with Crippen LogP contribution in [0.4, 0.5) is 10.5 Å². The Morgan fingerprint density at radius 3 is 2.31 bits per heavy atom. The minimum Gasteiger partial charge on any atom is -0.493 e. The average Bonchev–Trinajstić information content (AvgIpc) is 2.84. The van der Waals surface area contributed by atoms with Gasteiger partial charge in [-0.3, -0.25) is 14.9 Å². The Kier molecular flexibility index (Phi) is 6.99. The fourth-order valence-electron chi connectivity index (χ4n) is 3.25. The summed E-state index contributed by atoms with van der Waals surface area (Å²) in [6, 6.07) is 16.4. The molecule has 0 aliphatic carbocycles. The van der Waals surface area contributed by atoms with Crippen LogP contribution >= 0.6 is 27.5 Å². The second-order valence-corrected chi connectivity index (χ2v) is 8.59. The van der Waals surface area contributed by atoms with Crippen molar-refractivity contribution in [1.82, 2.24) is 5.32 Å². The smallest absolute Gasteiger partial charge is 0.343 e. The highest BCUT2D eigenvalue weighted by atomic mass is 79.9. The third-order valence-corrected chi connectivity index (χ3v) is 5.75. The fraction of sp³-hybridized carbons (Fsp3) is 0.0400. The van der Waals surface area contributed by atoms with E-state index in [1.807, 2.05) is 0 Å². The molecule has 0 unspecified atom stereocenters. The number of hydrogen-bond donors (Lipinski definition) is 1. The van der Waals surface area contributed by atoms with Crippen molar-refractivity contribution in [3.05, 3.63) is 92.9 Å². The van der Waals surface area contributed by atoms with E-state index >= 15 is 0 Å². The van der Waals surface area contributed by atoms with Gasteiger partial charge in [0.25, 0.3) is 11.8 Å². The summed E-state index contributed by atoms with van der Waals surface area (Å²) in [5.74, 6) is -1.88. The first kappa shape index (κ1) is 24.2. The van der Waals surface area contributed by atoms with E-state index in [9.17, 15) is 19.2 Å². The first-order valence-electron chi connectivity index (χ1n) is 10.1. The van der Waals surface area contributed by atoms with Gasteiger partial charge in [0, 0.05) is 9.50 Å². The number of barbiturate groups is 1. The van der Waals surface area contributed by atoms with E-state index in [1.54, 1.807) is 42.5 Å². The van der Waals surface area contributed by atoms with Gasteiger partial charge >= 0.3 is 12.0 Å². The van der Waals surface area contributed by atoms with Crippen LogP contribution < -0.4 is 19.7 Å². The number of carbonyl (C=O) groups is 4. The van der Waals surface area contributed by atoms with Gasteiger partial charge < -0.3 is 9.47 Å². The molecular weight excluding hydrogens is 540 g/mol. The number of nitrogens with zero attached hydrogens (tertiary/aromatic N) is 1. The van der Waals surface area contributed by atoms with Crippen molar-refractivity contribution in [2.45, 2.75) is 0 Å². The maximum absolute atomic E-state index is 13.0. The summed E-state index contributed by atoms with van der Waals surface area (Å²) in [5, 5.41) is 2.65. The monoisotopic (exact) mass is 554 g/mol. The van der Waals surface area contributed by atoms with Crippen LogP contribution in [0, 0.1) is 0 Å². The lowest BCUT2D eigenvalue weighted by molar-refractivity contribution is -0.122. The van der Waals surface area contributed by atoms with Crippen LogP contribution in [0.15, 0.2) is 76.8 Å². The largest absolute Gasteiger partial charge is 0.493 e. The van der Waals surface area contributed by atoms with E-state index in [4.69, 9.17) is 21.1 Å². The van der Waals surface area contributed by atoms with Crippen LogP contribution in [0.3, 0.4) is 0 Å². The lowest BCUT2D eigenvalue weighted by Gasteiger charge is -2.26. The highest BCUT2D eigenvalue weighted by Crippen LogP contribution is 2.31. The maximum atomic E-state index is 13.0. The molecule has 0 radical (unpaired) electrons. The normalized spacial score (nSPS) is 14.7. The minimum atomic E-state index is -0.846. The lowest BCUT2D eigenvalue weighted by atomic mass is 10.1. The van der Waals surface area contributed by atoms with Crippen LogP contribution in [0.1, 0.15) is 15.9 Å². The van der Waals surface area contributed by atoms with E-state index in [-0.39, 0.29) is 17.1 Å². The molecule has 8 nitrogen and oxygen atoms in total. The number of imide groups is 2. The van der Waals surface area contributed by atoms with Crippen LogP contribution in [-0.4, -0.2) is 30.9 Å². The summed E-state index contributed by atoms with van der Waals surface area (Å²) in [6.07, 6.45) is 1.32. The Bertz CT molecular complexity index is 1370. The quantitative estimate of drug-likeness (QED) is 0.206. The summed E-state index contributed by atoms with van der Waals surface area (Å²) >= 11 is 9.14. The Balaban J connectivity index is 1.61. The van der Waals surface area contributed by atoms with Gasteiger partial charge in [-0.2, -0.15) is 0 Å². The molecular formula is C25H16BrClN2O6. The van der Waals surface area contributed by atoms with Crippen molar-refractivity contribution in [3.8, 4) is 11.5 Å². The van der Waals surface area contributed by atoms with Gasteiger partial charge in [0.15, 0.2) is 11.5 Å². The van der Waals surface area contributed by atoms with Gasteiger partial charge in [0.05, 0.1) is 18.4 Å². The molecule has 0 aromatic heterocycles. The highest BCUT2D eigenvalue weighted by molar-refractivity contribution is 9.10. The number of nitrogens with one attached hydrogen (secondary N) is 1. The zero-order valence-electron chi connectivity index (χ0n) is 18.1. The van der Waals surface area contributed by atoms with Crippen LogP contribution in [0.5, 0.6) is 11.5 Å². The summed E-state index contributed by atoms with van der Waals surface area (Å²) in [6.45, 7) is 0. The number of esters is 1. The molecule has 4 rings (SSSR count). The van der Waals surface area contributed by atoms with Crippen molar-refractivity contribution in [2.24, 2.45) is 0 Å². The maximum Gasteiger partial charge on any atom is 0.343 e. The van der Waals surface area contributed by atoms with Gasteiger partial charge in [-0.15, -0.1) is 0 Å². The second kappa shape index (κ2) is 10.1. The van der Waals surface area contributed by atoms with Crippen molar-refractivity contribution in [3.63, 3.8) is 0 Å². The molecule has 1 aliphatic heterocycles. The highest BCUT2D eigenvalue weighted by Gasteiger charge is 2.36. The Labute approximate surface area is 213 Å². The molecule has 0 spiro atoms. The van der Waals surface area contributed by atoms with Crippen molar-refractivity contribution < 1.29 is 28.7 Å². The van der Waals surface area contributed by atoms with E-state index in [0.717, 1.165) is 9.37 Å². The van der Waals surface area contributed by atoms with Gasteiger partial charge in [0.1, 0.15) is 5.57 Å². The molecule has 3 aromatic carbocycles. The molecule has 1 aliphatic rings. The number of carbonyl (C=O) groups excluding carboxylic acids is 4. The predicted molar refractivity (Wildman–Crippen MR) is 133 cm³/mol. The van der Waals surface area contributed by atoms with Crippen LogP contribution in [-0.2, 0) is 9.59 Å². The molecule has 35 heavy (non-hydrogen) atoms. The molecule has 1 heterocycles. The number of anilines is 1. The standard InChI is InChI=1S/C25H16BrClN2O6/c1-34-21-13-14(2-11-20(21)35-24(32)15-3-7-17(27)8-4-15)12-19-22(30)28-25(33)29(23(19)31)18-9-5-16(26)6-10-18/h2-13H,1H3,(H,28,30,33)/b19-12+. The summed E-state index contributed by atoms with van der Waals surface area (Å²) in [7, 11) is 1.39. The van der Waals surface area contributed by atoms with Gasteiger partial charge in [-0.05, 0) is 72.3 Å². The number of ether oxygens (including phenoxy) is 2. The second-order valence-electron chi connectivity index (χ2n) is 7.24. The number of rotatable bonds is 5. The molecule has 3 aromatic rings. The van der Waals surface area contributed by atoms with Gasteiger partial charge in [-0.25, -0.2) is 14.5 Å². The average molecular weight is 556 g/mol. The zero-order valence-corrected chi connectivity index (χ0v) is 20.4. The van der Waals surface area contributed by atoms with E-state index < -0.39 is 23.8 Å². The summed E-state index contributed by atoms with van der Waals surface area (Å²) in [4.78, 5) is 51.1. The van der Waals surface area contributed by atoms with Crippen LogP contribution in [0.2, 0.25) is 5.02 Å². The summed E-state index contributed by atoms with van der Waals surface area (Å²) in [5.41, 5.74) is 0.762. The molecule has 0 bridgehead atoms. The number of amides is 4. The fourth-order valence-corrected chi connectivity index (χ4v) is 3.64. The minimum absolute atomic E-state index is 0.140. The number of urea groups is 1. The molecule has 0 saturated carbocycles.